The van der Waals surface area contributed by atoms with Crippen molar-refractivity contribution < 1.29 is 9.21 Å². The summed E-state index contributed by atoms with van der Waals surface area (Å²) in [4.78, 5) is 18.4. The van der Waals surface area contributed by atoms with E-state index in [1.165, 1.54) is 11.3 Å². The van der Waals surface area contributed by atoms with Gasteiger partial charge in [0, 0.05) is 18.5 Å². The molecule has 0 spiro atoms. The number of hydrogen-bond donors (Lipinski definition) is 0. The highest BCUT2D eigenvalue weighted by Crippen LogP contribution is 2.24. The fourth-order valence-electron chi connectivity index (χ4n) is 1.70. The molecule has 0 radical (unpaired) electrons. The van der Waals surface area contributed by atoms with Crippen molar-refractivity contribution in [3.05, 3.63) is 41.6 Å². The monoisotopic (exact) mass is 276 g/mol. The first-order chi connectivity index (χ1) is 9.11. The highest BCUT2D eigenvalue weighted by atomic mass is 32.1. The van der Waals surface area contributed by atoms with E-state index in [2.05, 4.69) is 11.6 Å². The van der Waals surface area contributed by atoms with Gasteiger partial charge in [-0.05, 0) is 26.0 Å². The van der Waals surface area contributed by atoms with Gasteiger partial charge in [0.15, 0.2) is 10.8 Å². The van der Waals surface area contributed by atoms with Crippen LogP contribution in [-0.4, -0.2) is 28.9 Å². The maximum Gasteiger partial charge on any atom is 0.273 e. The quantitative estimate of drug-likeness (QED) is 0.786. The Hall–Kier alpha value is -1.88. The summed E-state index contributed by atoms with van der Waals surface area (Å²) in [5.74, 6) is 0.617. The average Bonchev–Trinajstić information content (AvgIpc) is 3.04. The average molecular weight is 276 g/mol. The molecule has 2 rings (SSSR count). The molecule has 5 heteroatoms. The van der Waals surface area contributed by atoms with Gasteiger partial charge < -0.3 is 9.32 Å². The van der Waals surface area contributed by atoms with Gasteiger partial charge in [0.25, 0.3) is 5.91 Å². The molecule has 0 fully saturated rings. The molecule has 19 heavy (non-hydrogen) atoms. The lowest BCUT2D eigenvalue weighted by atomic mass is 10.3. The third-order valence-electron chi connectivity index (χ3n) is 2.58. The Morgan fingerprint density at radius 2 is 2.37 bits per heavy atom. The van der Waals surface area contributed by atoms with Crippen molar-refractivity contribution in [1.29, 1.82) is 0 Å². The lowest BCUT2D eigenvalue weighted by Crippen LogP contribution is -2.32. The minimum atomic E-state index is -0.0699. The third kappa shape index (κ3) is 3.12. The molecule has 0 saturated heterocycles. The first kappa shape index (κ1) is 13.5. The van der Waals surface area contributed by atoms with Crippen molar-refractivity contribution in [2.75, 3.05) is 13.1 Å². The summed E-state index contributed by atoms with van der Waals surface area (Å²) in [7, 11) is 0. The number of nitrogens with zero attached hydrogens (tertiary/aromatic N) is 2. The zero-order valence-corrected chi connectivity index (χ0v) is 11.9. The molecule has 0 N–H and O–H groups in total. The van der Waals surface area contributed by atoms with E-state index in [-0.39, 0.29) is 5.91 Å². The fraction of sp³-hybridized carbons (Fsp3) is 0.286. The molecule has 4 nitrogen and oxygen atoms in total. The number of carbonyl (C=O) groups is 1. The molecular formula is C14H16N2O2S. The molecular weight excluding hydrogens is 260 g/mol. The third-order valence-corrected chi connectivity index (χ3v) is 3.44. The van der Waals surface area contributed by atoms with Gasteiger partial charge in [-0.25, -0.2) is 4.98 Å². The summed E-state index contributed by atoms with van der Waals surface area (Å²) in [6, 6.07) is 3.64. The number of aromatic nitrogens is 1. The van der Waals surface area contributed by atoms with E-state index in [4.69, 9.17) is 4.42 Å². The van der Waals surface area contributed by atoms with Crippen molar-refractivity contribution in [2.45, 2.75) is 13.8 Å². The second kappa shape index (κ2) is 5.84. The van der Waals surface area contributed by atoms with Crippen LogP contribution in [0.5, 0.6) is 0 Å². The second-order valence-electron chi connectivity index (χ2n) is 4.29. The highest BCUT2D eigenvalue weighted by Gasteiger charge is 2.18. The van der Waals surface area contributed by atoms with Crippen LogP contribution in [0.4, 0.5) is 0 Å². The number of likely N-dealkylation sites (N-methyl/N-ethyl adjacent to an activating group) is 1. The normalized spacial score (nSPS) is 10.4. The smallest absolute Gasteiger partial charge is 0.273 e. The molecule has 1 amide bonds. The first-order valence-electron chi connectivity index (χ1n) is 6.05. The molecule has 100 valence electrons. The Kier molecular flexibility index (Phi) is 4.16. The first-order valence-corrected chi connectivity index (χ1v) is 6.92. The van der Waals surface area contributed by atoms with Crippen molar-refractivity contribution in [2.24, 2.45) is 0 Å². The predicted octanol–water partition coefficient (Wildman–Crippen LogP) is 3.44. The summed E-state index contributed by atoms with van der Waals surface area (Å²) in [6.07, 6.45) is 1.59. The number of amides is 1. The minimum Gasteiger partial charge on any atom is -0.462 e. The summed E-state index contributed by atoms with van der Waals surface area (Å²) >= 11 is 1.41. The lowest BCUT2D eigenvalue weighted by molar-refractivity contribution is 0.0773. The van der Waals surface area contributed by atoms with Gasteiger partial charge in [-0.1, -0.05) is 12.2 Å². The molecule has 0 atom stereocenters. The number of rotatable bonds is 5. The van der Waals surface area contributed by atoms with Crippen molar-refractivity contribution in [1.82, 2.24) is 9.88 Å². The van der Waals surface area contributed by atoms with Crippen molar-refractivity contribution in [3.63, 3.8) is 0 Å². The molecule has 0 saturated carbocycles. The Morgan fingerprint density at radius 1 is 1.58 bits per heavy atom. The van der Waals surface area contributed by atoms with Crippen LogP contribution in [0.3, 0.4) is 0 Å². The number of hydrogen-bond acceptors (Lipinski definition) is 4. The minimum absolute atomic E-state index is 0.0699. The van der Waals surface area contributed by atoms with E-state index in [1.807, 2.05) is 19.9 Å². The molecule has 0 aliphatic carbocycles. The van der Waals surface area contributed by atoms with Gasteiger partial charge in [-0.3, -0.25) is 4.79 Å². The Bertz CT molecular complexity index is 572. The van der Waals surface area contributed by atoms with Crippen molar-refractivity contribution in [3.8, 4) is 10.8 Å². The van der Waals surface area contributed by atoms with Gasteiger partial charge in [0.1, 0.15) is 5.69 Å². The molecule has 2 aromatic heterocycles. The number of carbonyl (C=O) groups excluding carboxylic acids is 1. The number of furan rings is 1. The Balaban J connectivity index is 2.17. The van der Waals surface area contributed by atoms with Gasteiger partial charge in [-0.15, -0.1) is 11.3 Å². The van der Waals surface area contributed by atoms with Crippen LogP contribution in [0, 0.1) is 0 Å². The molecule has 2 aromatic rings. The summed E-state index contributed by atoms with van der Waals surface area (Å²) in [6.45, 7) is 8.89. The molecule has 0 aliphatic rings. The van der Waals surface area contributed by atoms with Gasteiger partial charge >= 0.3 is 0 Å². The zero-order chi connectivity index (χ0) is 13.8. The standard InChI is InChI=1S/C14H16N2O2S/c1-4-16(8-10(2)3)14(17)11-9-19-13(15-11)12-6-5-7-18-12/h5-7,9H,2,4,8H2,1,3H3. The lowest BCUT2D eigenvalue weighted by Gasteiger charge is -2.19. The van der Waals surface area contributed by atoms with Crippen LogP contribution in [0.1, 0.15) is 24.3 Å². The summed E-state index contributed by atoms with van der Waals surface area (Å²) in [5.41, 5.74) is 1.41. The second-order valence-corrected chi connectivity index (χ2v) is 5.15. The van der Waals surface area contributed by atoms with E-state index < -0.39 is 0 Å². The largest absolute Gasteiger partial charge is 0.462 e. The summed E-state index contributed by atoms with van der Waals surface area (Å²) < 4.78 is 5.27. The summed E-state index contributed by atoms with van der Waals surface area (Å²) in [5, 5.41) is 2.49. The van der Waals surface area contributed by atoms with Crippen LogP contribution in [0.2, 0.25) is 0 Å². The number of thiazole rings is 1. The van der Waals surface area contributed by atoms with Crippen molar-refractivity contribution >= 4 is 17.2 Å². The van der Waals surface area contributed by atoms with Crippen LogP contribution >= 0.6 is 11.3 Å². The topological polar surface area (TPSA) is 46.3 Å². The maximum atomic E-state index is 12.3. The maximum absolute atomic E-state index is 12.3. The molecule has 2 heterocycles. The van der Waals surface area contributed by atoms with E-state index in [1.54, 1.807) is 22.6 Å². The van der Waals surface area contributed by atoms with E-state index in [0.717, 1.165) is 10.6 Å². The molecule has 0 unspecified atom stereocenters. The van der Waals surface area contributed by atoms with E-state index in [9.17, 15) is 4.79 Å². The van der Waals surface area contributed by atoms with E-state index >= 15 is 0 Å². The molecule has 0 aromatic carbocycles. The zero-order valence-electron chi connectivity index (χ0n) is 11.0. The van der Waals surface area contributed by atoms with Crippen LogP contribution < -0.4 is 0 Å². The predicted molar refractivity (Wildman–Crippen MR) is 76.2 cm³/mol. The molecule has 0 aliphatic heterocycles. The Morgan fingerprint density at radius 3 is 2.95 bits per heavy atom. The van der Waals surface area contributed by atoms with Gasteiger partial charge in [0.2, 0.25) is 0 Å². The van der Waals surface area contributed by atoms with E-state index in [0.29, 0.717) is 24.5 Å². The Labute approximate surface area is 116 Å². The SMILES string of the molecule is C=C(C)CN(CC)C(=O)c1csc(-c2ccco2)n1. The fourth-order valence-corrected chi connectivity index (χ4v) is 2.46. The molecule has 0 bridgehead atoms. The van der Waals surface area contributed by atoms with Crippen LogP contribution in [-0.2, 0) is 0 Å². The van der Waals surface area contributed by atoms with Gasteiger partial charge in [-0.2, -0.15) is 0 Å². The highest BCUT2D eigenvalue weighted by molar-refractivity contribution is 7.13. The van der Waals surface area contributed by atoms with Crippen LogP contribution in [0.15, 0.2) is 40.3 Å². The van der Waals surface area contributed by atoms with Gasteiger partial charge in [0.05, 0.1) is 6.26 Å². The van der Waals surface area contributed by atoms with Crippen LogP contribution in [0.25, 0.3) is 10.8 Å².